The molecule has 1 aromatic carbocycles. The zero-order chi connectivity index (χ0) is 17.8. The van der Waals surface area contributed by atoms with Gasteiger partial charge in [0.05, 0.1) is 11.9 Å². The van der Waals surface area contributed by atoms with E-state index in [0.29, 0.717) is 16.3 Å². The van der Waals surface area contributed by atoms with Gasteiger partial charge in [-0.2, -0.15) is 0 Å². The Bertz CT molecular complexity index is 927. The summed E-state index contributed by atoms with van der Waals surface area (Å²) >= 11 is 4.68. The lowest BCUT2D eigenvalue weighted by Gasteiger charge is -2.08. The van der Waals surface area contributed by atoms with Crippen LogP contribution in [-0.4, -0.2) is 21.8 Å². The van der Waals surface area contributed by atoms with Crippen molar-refractivity contribution in [3.63, 3.8) is 0 Å². The highest BCUT2D eigenvalue weighted by Gasteiger charge is 2.17. The number of halogens is 1. The van der Waals surface area contributed by atoms with E-state index in [-0.39, 0.29) is 11.6 Å². The first-order valence-corrected chi connectivity index (χ1v) is 8.94. The van der Waals surface area contributed by atoms with Gasteiger partial charge in [0.2, 0.25) is 0 Å². The number of amides is 2. The van der Waals surface area contributed by atoms with Gasteiger partial charge in [-0.1, -0.05) is 15.9 Å². The number of nitrogens with one attached hydrogen (secondary N) is 2. The Balaban J connectivity index is 1.75. The molecular weight excluding hydrogens is 404 g/mol. The van der Waals surface area contributed by atoms with E-state index in [1.807, 2.05) is 19.1 Å². The maximum Gasteiger partial charge on any atom is 0.275 e. The molecule has 2 amide bonds. The molecule has 25 heavy (non-hydrogen) atoms. The first-order valence-electron chi connectivity index (χ1n) is 7.27. The monoisotopic (exact) mass is 416 g/mol. The molecule has 0 aliphatic carbocycles. The summed E-state index contributed by atoms with van der Waals surface area (Å²) in [6.45, 7) is 1.94. The molecule has 126 valence electrons. The molecule has 0 aliphatic heterocycles. The zero-order valence-electron chi connectivity index (χ0n) is 13.1. The number of carbonyl (C=O) groups is 2. The smallest absolute Gasteiger partial charge is 0.275 e. The third kappa shape index (κ3) is 4.09. The average molecular weight is 417 g/mol. The first-order chi connectivity index (χ1) is 12.0. The van der Waals surface area contributed by atoms with Crippen molar-refractivity contribution in [1.29, 1.82) is 0 Å². The molecule has 0 saturated heterocycles. The summed E-state index contributed by atoms with van der Waals surface area (Å²) < 4.78 is 0.971. The van der Waals surface area contributed by atoms with Gasteiger partial charge in [-0.3, -0.25) is 14.6 Å². The number of anilines is 2. The Morgan fingerprint density at radius 1 is 1.12 bits per heavy atom. The van der Waals surface area contributed by atoms with Crippen LogP contribution < -0.4 is 10.6 Å². The molecule has 6 nitrogen and oxygen atoms in total. The third-order valence-electron chi connectivity index (χ3n) is 3.33. The van der Waals surface area contributed by atoms with Gasteiger partial charge >= 0.3 is 0 Å². The summed E-state index contributed by atoms with van der Waals surface area (Å²) in [5.74, 6) is -0.703. The number of hydrogen-bond donors (Lipinski definition) is 2. The Labute approximate surface area is 156 Å². The van der Waals surface area contributed by atoms with E-state index in [4.69, 9.17) is 0 Å². The van der Waals surface area contributed by atoms with Gasteiger partial charge in [-0.15, -0.1) is 11.3 Å². The van der Waals surface area contributed by atoms with Crippen LogP contribution in [0.25, 0.3) is 0 Å². The lowest BCUT2D eigenvalue weighted by molar-refractivity contribution is 0.102. The van der Waals surface area contributed by atoms with Gasteiger partial charge in [0, 0.05) is 22.6 Å². The van der Waals surface area contributed by atoms with E-state index in [1.54, 1.807) is 17.5 Å². The fourth-order valence-electron chi connectivity index (χ4n) is 2.10. The second-order valence-electron chi connectivity index (χ2n) is 5.13. The number of carbonyl (C=O) groups excluding carboxylic acids is 2. The van der Waals surface area contributed by atoms with Crippen molar-refractivity contribution in [2.75, 3.05) is 10.6 Å². The fraction of sp³-hybridized carbons (Fsp3) is 0.0588. The van der Waals surface area contributed by atoms with E-state index >= 15 is 0 Å². The summed E-state index contributed by atoms with van der Waals surface area (Å²) in [5, 5.41) is 7.28. The van der Waals surface area contributed by atoms with E-state index in [9.17, 15) is 9.59 Å². The molecule has 8 heteroatoms. The number of rotatable bonds is 4. The van der Waals surface area contributed by atoms with Crippen molar-refractivity contribution >= 4 is 50.5 Å². The summed E-state index contributed by atoms with van der Waals surface area (Å²) in [5.41, 5.74) is 2.32. The Morgan fingerprint density at radius 3 is 2.68 bits per heavy atom. The topological polar surface area (TPSA) is 84.0 Å². The third-order valence-corrected chi connectivity index (χ3v) is 5.13. The molecule has 2 N–H and O–H groups in total. The van der Waals surface area contributed by atoms with Crippen LogP contribution in [0.15, 0.2) is 52.7 Å². The predicted molar refractivity (Wildman–Crippen MR) is 101 cm³/mol. The van der Waals surface area contributed by atoms with Crippen molar-refractivity contribution in [2.45, 2.75) is 6.92 Å². The maximum absolute atomic E-state index is 12.5. The summed E-state index contributed by atoms with van der Waals surface area (Å²) in [6.07, 6.45) is 4.29. The summed E-state index contributed by atoms with van der Waals surface area (Å²) in [6, 6.07) is 7.23. The van der Waals surface area contributed by atoms with Gasteiger partial charge < -0.3 is 10.6 Å². The minimum atomic E-state index is -0.417. The minimum absolute atomic E-state index is 0.184. The lowest BCUT2D eigenvalue weighted by Crippen LogP contribution is -2.17. The molecule has 0 bridgehead atoms. The van der Waals surface area contributed by atoms with Crippen LogP contribution in [0.3, 0.4) is 0 Å². The van der Waals surface area contributed by atoms with Gasteiger partial charge in [0.25, 0.3) is 11.8 Å². The number of aromatic nitrogens is 2. The Hall–Kier alpha value is -2.58. The Kier molecular flexibility index (Phi) is 5.20. The molecule has 2 aromatic heterocycles. The summed E-state index contributed by atoms with van der Waals surface area (Å²) in [4.78, 5) is 32.9. The highest BCUT2D eigenvalue weighted by molar-refractivity contribution is 9.10. The van der Waals surface area contributed by atoms with Crippen molar-refractivity contribution in [1.82, 2.24) is 9.97 Å². The molecule has 0 saturated carbocycles. The number of aryl methyl sites for hydroxylation is 1. The standard InChI is InChI=1S/C17H13BrN4O2S/c1-10-8-11(2-3-12(10)18)21-17(24)15-13(4-7-25-15)22-16(23)14-9-19-5-6-20-14/h2-9H,1H3,(H,21,24)(H,22,23). The molecule has 0 aliphatic rings. The number of thiophene rings is 1. The molecule has 3 rings (SSSR count). The van der Waals surface area contributed by atoms with Gasteiger partial charge in [-0.05, 0) is 42.1 Å². The van der Waals surface area contributed by atoms with Crippen molar-refractivity contribution in [3.05, 3.63) is 68.8 Å². The fourth-order valence-corrected chi connectivity index (χ4v) is 3.09. The van der Waals surface area contributed by atoms with Crippen LogP contribution >= 0.6 is 27.3 Å². The highest BCUT2D eigenvalue weighted by atomic mass is 79.9. The molecule has 0 fully saturated rings. The number of nitrogens with zero attached hydrogens (tertiary/aromatic N) is 2. The molecular formula is C17H13BrN4O2S. The van der Waals surface area contributed by atoms with E-state index in [2.05, 4.69) is 36.5 Å². The molecule has 2 heterocycles. The lowest BCUT2D eigenvalue weighted by atomic mass is 10.2. The van der Waals surface area contributed by atoms with Gasteiger partial charge in [0.15, 0.2) is 0 Å². The van der Waals surface area contributed by atoms with Crippen LogP contribution in [0.4, 0.5) is 11.4 Å². The molecule has 0 spiro atoms. The van der Waals surface area contributed by atoms with Crippen LogP contribution in [-0.2, 0) is 0 Å². The highest BCUT2D eigenvalue weighted by Crippen LogP contribution is 2.25. The zero-order valence-corrected chi connectivity index (χ0v) is 15.5. The quantitative estimate of drug-likeness (QED) is 0.669. The van der Waals surface area contributed by atoms with Crippen LogP contribution in [0.2, 0.25) is 0 Å². The van der Waals surface area contributed by atoms with Crippen molar-refractivity contribution in [2.24, 2.45) is 0 Å². The maximum atomic E-state index is 12.5. The molecule has 3 aromatic rings. The van der Waals surface area contributed by atoms with E-state index in [0.717, 1.165) is 10.0 Å². The SMILES string of the molecule is Cc1cc(NC(=O)c2sccc2NC(=O)c2cnccn2)ccc1Br. The normalized spacial score (nSPS) is 10.3. The van der Waals surface area contributed by atoms with Crippen molar-refractivity contribution < 1.29 is 9.59 Å². The second-order valence-corrected chi connectivity index (χ2v) is 6.90. The molecule has 0 unspecified atom stereocenters. The average Bonchev–Trinajstić information content (AvgIpc) is 3.07. The van der Waals surface area contributed by atoms with Gasteiger partial charge in [0.1, 0.15) is 10.6 Å². The van der Waals surface area contributed by atoms with Gasteiger partial charge in [-0.25, -0.2) is 4.98 Å². The molecule has 0 radical (unpaired) electrons. The Morgan fingerprint density at radius 2 is 1.96 bits per heavy atom. The number of benzene rings is 1. The van der Waals surface area contributed by atoms with Crippen molar-refractivity contribution in [3.8, 4) is 0 Å². The summed E-state index contributed by atoms with van der Waals surface area (Å²) in [7, 11) is 0. The second kappa shape index (κ2) is 7.54. The molecule has 0 atom stereocenters. The van der Waals surface area contributed by atoms with Crippen LogP contribution in [0, 0.1) is 6.92 Å². The van der Waals surface area contributed by atoms with Crippen LogP contribution in [0.5, 0.6) is 0 Å². The van der Waals surface area contributed by atoms with Crippen LogP contribution in [0.1, 0.15) is 25.7 Å². The predicted octanol–water partition coefficient (Wildman–Crippen LogP) is 4.11. The first kappa shape index (κ1) is 17.2. The largest absolute Gasteiger partial charge is 0.321 e. The van der Waals surface area contributed by atoms with E-state index < -0.39 is 5.91 Å². The number of hydrogen-bond acceptors (Lipinski definition) is 5. The van der Waals surface area contributed by atoms with E-state index in [1.165, 1.54) is 29.9 Å². The minimum Gasteiger partial charge on any atom is -0.321 e.